The molecular formula is C10H22CoN3-. The van der Waals surface area contributed by atoms with E-state index in [1.54, 1.807) is 6.34 Å². The summed E-state index contributed by atoms with van der Waals surface area (Å²) in [7, 11) is 4.10. The second-order valence-electron chi connectivity index (χ2n) is 4.68. The van der Waals surface area contributed by atoms with Gasteiger partial charge in [0.15, 0.2) is 0 Å². The summed E-state index contributed by atoms with van der Waals surface area (Å²) in [6.45, 7) is 9.26. The van der Waals surface area contributed by atoms with E-state index >= 15 is 0 Å². The van der Waals surface area contributed by atoms with Gasteiger partial charge in [-0.25, -0.2) is 0 Å². The molecule has 0 aliphatic rings. The molecule has 0 amide bonds. The van der Waals surface area contributed by atoms with E-state index in [9.17, 15) is 0 Å². The molecule has 0 saturated carbocycles. The molecule has 0 spiro atoms. The third kappa shape index (κ3) is 11.9. The maximum Gasteiger partial charge on any atom is 0 e. The van der Waals surface area contributed by atoms with Crippen LogP contribution < -0.4 is 0 Å². The molecule has 0 bridgehead atoms. The third-order valence-corrected chi connectivity index (χ3v) is 1.40. The topological polar surface area (TPSA) is 29.7 Å². The number of rotatable bonds is 4. The largest absolute Gasteiger partial charge is 0.468 e. The second-order valence-corrected chi connectivity index (χ2v) is 4.68. The van der Waals surface area contributed by atoms with Crippen LogP contribution in [0, 0.1) is 0 Å². The molecule has 1 radical (unpaired) electrons. The minimum atomic E-state index is -0.0126. The van der Waals surface area contributed by atoms with Crippen LogP contribution in [0.25, 0.3) is 5.32 Å². The molecule has 0 aromatic carbocycles. The molecule has 0 aliphatic heterocycles. The Bertz CT molecular complexity index is 161. The van der Waals surface area contributed by atoms with Gasteiger partial charge in [0.05, 0.1) is 0 Å². The maximum absolute atomic E-state index is 4.32. The first-order chi connectivity index (χ1) is 5.81. The minimum Gasteiger partial charge on any atom is -0.468 e. The smallest absolute Gasteiger partial charge is 0 e. The molecule has 0 aromatic heterocycles. The molecule has 0 rings (SSSR count). The molecule has 1 atom stereocenters. The quantitative estimate of drug-likeness (QED) is 0.549. The zero-order valence-corrected chi connectivity index (χ0v) is 11.1. The number of likely N-dealkylation sites (N-methyl/N-ethyl adjacent to an activating group) is 1. The zero-order chi connectivity index (χ0) is 10.5. The van der Waals surface area contributed by atoms with Crippen LogP contribution in [0.2, 0.25) is 0 Å². The number of nitrogens with zero attached hydrogens (tertiary/aromatic N) is 3. The van der Waals surface area contributed by atoms with E-state index in [1.807, 2.05) is 14.1 Å². The van der Waals surface area contributed by atoms with Gasteiger partial charge < -0.3 is 15.2 Å². The van der Waals surface area contributed by atoms with Gasteiger partial charge in [-0.05, 0) is 32.2 Å². The molecule has 4 heteroatoms. The van der Waals surface area contributed by atoms with E-state index < -0.39 is 0 Å². The van der Waals surface area contributed by atoms with Gasteiger partial charge in [0, 0.05) is 16.8 Å². The van der Waals surface area contributed by atoms with E-state index in [1.165, 1.54) is 0 Å². The fourth-order valence-electron chi connectivity index (χ4n) is 0.896. The predicted octanol–water partition coefficient (Wildman–Crippen LogP) is 2.13. The van der Waals surface area contributed by atoms with Crippen molar-refractivity contribution in [2.24, 2.45) is 4.99 Å². The van der Waals surface area contributed by atoms with Crippen molar-refractivity contribution in [3.05, 3.63) is 5.32 Å². The van der Waals surface area contributed by atoms with Gasteiger partial charge in [0.1, 0.15) is 0 Å². The van der Waals surface area contributed by atoms with Gasteiger partial charge in [-0.3, -0.25) is 0 Å². The van der Waals surface area contributed by atoms with Gasteiger partial charge in [0.2, 0.25) is 0 Å². The Morgan fingerprint density at radius 1 is 1.36 bits per heavy atom. The van der Waals surface area contributed by atoms with Crippen molar-refractivity contribution in [1.82, 2.24) is 4.90 Å². The fraction of sp³-hybridized carbons (Fsp3) is 0.900. The molecule has 14 heavy (non-hydrogen) atoms. The summed E-state index contributed by atoms with van der Waals surface area (Å²) in [6.07, 6.45) is 1.69. The van der Waals surface area contributed by atoms with Crippen molar-refractivity contribution in [3.8, 4) is 0 Å². The van der Waals surface area contributed by atoms with Crippen molar-refractivity contribution < 1.29 is 16.8 Å². The molecule has 0 aromatic rings. The summed E-state index contributed by atoms with van der Waals surface area (Å²) in [5.74, 6) is 0. The normalized spacial score (nSPS) is 14.2. The van der Waals surface area contributed by atoms with Gasteiger partial charge >= 0.3 is 0 Å². The van der Waals surface area contributed by atoms with Crippen LogP contribution in [-0.4, -0.2) is 43.5 Å². The predicted molar refractivity (Wildman–Crippen MR) is 59.6 cm³/mol. The Labute approximate surface area is 98.5 Å². The molecule has 0 aliphatic carbocycles. The second kappa shape index (κ2) is 7.26. The molecule has 0 heterocycles. The number of hydrogen-bond donors (Lipinski definition) is 0. The Morgan fingerprint density at radius 2 is 1.86 bits per heavy atom. The minimum absolute atomic E-state index is 0. The molecule has 87 valence electrons. The Hall–Kier alpha value is -0.0635. The fourth-order valence-corrected chi connectivity index (χ4v) is 0.896. The summed E-state index contributed by atoms with van der Waals surface area (Å²) in [5, 5.41) is 4.32. The Kier molecular flexibility index (Phi) is 8.49. The molecular weight excluding hydrogens is 221 g/mol. The summed E-state index contributed by atoms with van der Waals surface area (Å²) in [6, 6.07) is 0.320. The van der Waals surface area contributed by atoms with E-state index in [4.69, 9.17) is 0 Å². The third-order valence-electron chi connectivity index (χ3n) is 1.40. The summed E-state index contributed by atoms with van der Waals surface area (Å²) < 4.78 is 0. The average molecular weight is 243 g/mol. The van der Waals surface area contributed by atoms with Crippen LogP contribution in [-0.2, 0) is 16.8 Å². The monoisotopic (exact) mass is 243 g/mol. The number of aliphatic imine (C=N–C) groups is 1. The van der Waals surface area contributed by atoms with Gasteiger partial charge in [-0.15, -0.1) is 6.34 Å². The Morgan fingerprint density at radius 3 is 2.21 bits per heavy atom. The van der Waals surface area contributed by atoms with Crippen molar-refractivity contribution in [1.29, 1.82) is 0 Å². The standard InChI is InChI=1S/C10H22N3.Co/c1-9(7-13(5)6)11-8-12-10(2,3)4;/h8-9H,7H2,1-6H3;/q-1;. The summed E-state index contributed by atoms with van der Waals surface area (Å²) in [4.78, 5) is 6.42. The molecule has 3 nitrogen and oxygen atoms in total. The number of hydrogen-bond acceptors (Lipinski definition) is 2. The molecule has 0 N–H and O–H groups in total. The van der Waals surface area contributed by atoms with Crippen LogP contribution in [0.5, 0.6) is 0 Å². The average Bonchev–Trinajstić information content (AvgIpc) is 1.81. The first-order valence-corrected chi connectivity index (χ1v) is 4.69. The molecule has 0 fully saturated rings. The van der Waals surface area contributed by atoms with E-state index in [2.05, 4.69) is 42.9 Å². The first-order valence-electron chi connectivity index (χ1n) is 4.69. The van der Waals surface area contributed by atoms with Crippen LogP contribution >= 0.6 is 0 Å². The Balaban J connectivity index is 0. The SMILES string of the molecule is CC(CN(C)C)[N-]C=NC(C)(C)C.[Co]. The summed E-state index contributed by atoms with van der Waals surface area (Å²) in [5.41, 5.74) is -0.0126. The van der Waals surface area contributed by atoms with Crippen molar-refractivity contribution in [3.63, 3.8) is 0 Å². The van der Waals surface area contributed by atoms with Crippen molar-refractivity contribution in [2.75, 3.05) is 20.6 Å². The molecule has 0 saturated heterocycles. The van der Waals surface area contributed by atoms with E-state index in [0.29, 0.717) is 6.04 Å². The van der Waals surface area contributed by atoms with Crippen LogP contribution in [0.4, 0.5) is 0 Å². The van der Waals surface area contributed by atoms with Crippen LogP contribution in [0.1, 0.15) is 27.7 Å². The van der Waals surface area contributed by atoms with Crippen molar-refractivity contribution in [2.45, 2.75) is 39.3 Å². The van der Waals surface area contributed by atoms with Gasteiger partial charge in [-0.1, -0.05) is 27.7 Å². The van der Waals surface area contributed by atoms with Crippen molar-refractivity contribution >= 4 is 6.34 Å². The zero-order valence-electron chi connectivity index (χ0n) is 10.0. The van der Waals surface area contributed by atoms with Crippen LogP contribution in [0.3, 0.4) is 0 Å². The van der Waals surface area contributed by atoms with Gasteiger partial charge in [0.25, 0.3) is 0 Å². The van der Waals surface area contributed by atoms with Gasteiger partial charge in [-0.2, -0.15) is 0 Å². The molecule has 1 unspecified atom stereocenters. The summed E-state index contributed by atoms with van der Waals surface area (Å²) >= 11 is 0. The van der Waals surface area contributed by atoms with E-state index in [-0.39, 0.29) is 22.3 Å². The first kappa shape index (κ1) is 16.4. The van der Waals surface area contributed by atoms with Crippen LogP contribution in [0.15, 0.2) is 4.99 Å². The van der Waals surface area contributed by atoms with E-state index in [0.717, 1.165) is 6.54 Å². The maximum atomic E-state index is 4.32.